The number of rotatable bonds is 1. The van der Waals surface area contributed by atoms with Crippen molar-refractivity contribution in [3.8, 4) is 0 Å². The predicted molar refractivity (Wildman–Crippen MR) is 78.3 cm³/mol. The monoisotopic (exact) mass is 240 g/mol. The van der Waals surface area contributed by atoms with Gasteiger partial charge < -0.3 is 9.80 Å². The van der Waals surface area contributed by atoms with Crippen molar-refractivity contribution in [3.63, 3.8) is 0 Å². The predicted octanol–water partition coefficient (Wildman–Crippen LogP) is 2.98. The van der Waals surface area contributed by atoms with E-state index in [2.05, 4.69) is 59.3 Å². The Morgan fingerprint density at radius 1 is 0.833 bits per heavy atom. The second-order valence-corrected chi connectivity index (χ2v) is 5.18. The fourth-order valence-corrected chi connectivity index (χ4v) is 2.68. The van der Waals surface area contributed by atoms with Crippen LogP contribution in [0.5, 0.6) is 0 Å². The SMILES string of the molecule is CN1CCCN(c2ccc3ccccc3c2)CC1. The van der Waals surface area contributed by atoms with Crippen molar-refractivity contribution < 1.29 is 0 Å². The zero-order valence-corrected chi connectivity index (χ0v) is 11.0. The Morgan fingerprint density at radius 3 is 2.56 bits per heavy atom. The average Bonchev–Trinajstić information content (AvgIpc) is 2.63. The van der Waals surface area contributed by atoms with Crippen molar-refractivity contribution in [2.75, 3.05) is 38.1 Å². The lowest BCUT2D eigenvalue weighted by Crippen LogP contribution is -2.28. The molecule has 0 radical (unpaired) electrons. The van der Waals surface area contributed by atoms with Crippen LogP contribution in [0.3, 0.4) is 0 Å². The first-order chi connectivity index (χ1) is 8.83. The van der Waals surface area contributed by atoms with Gasteiger partial charge in [0, 0.05) is 25.3 Å². The van der Waals surface area contributed by atoms with Crippen LogP contribution in [0.25, 0.3) is 10.8 Å². The molecule has 3 rings (SSSR count). The van der Waals surface area contributed by atoms with Crippen molar-refractivity contribution in [1.82, 2.24) is 4.90 Å². The van der Waals surface area contributed by atoms with Crippen LogP contribution in [0.15, 0.2) is 42.5 Å². The second kappa shape index (κ2) is 4.99. The van der Waals surface area contributed by atoms with Crippen molar-refractivity contribution in [3.05, 3.63) is 42.5 Å². The van der Waals surface area contributed by atoms with Gasteiger partial charge in [0.25, 0.3) is 0 Å². The number of benzene rings is 2. The van der Waals surface area contributed by atoms with Crippen LogP contribution in [0.1, 0.15) is 6.42 Å². The van der Waals surface area contributed by atoms with Crippen LogP contribution in [-0.2, 0) is 0 Å². The van der Waals surface area contributed by atoms with Gasteiger partial charge in [0.2, 0.25) is 0 Å². The van der Waals surface area contributed by atoms with E-state index in [4.69, 9.17) is 0 Å². The summed E-state index contributed by atoms with van der Waals surface area (Å²) >= 11 is 0. The van der Waals surface area contributed by atoms with Gasteiger partial charge in [0.15, 0.2) is 0 Å². The van der Waals surface area contributed by atoms with E-state index in [0.717, 1.165) is 13.1 Å². The van der Waals surface area contributed by atoms with Crippen molar-refractivity contribution in [2.45, 2.75) is 6.42 Å². The number of hydrogen-bond acceptors (Lipinski definition) is 2. The zero-order chi connectivity index (χ0) is 12.4. The van der Waals surface area contributed by atoms with Gasteiger partial charge in [-0.25, -0.2) is 0 Å². The molecular weight excluding hydrogens is 220 g/mol. The molecule has 1 saturated heterocycles. The second-order valence-electron chi connectivity index (χ2n) is 5.18. The van der Waals surface area contributed by atoms with E-state index in [-0.39, 0.29) is 0 Å². The molecule has 0 saturated carbocycles. The van der Waals surface area contributed by atoms with Gasteiger partial charge in [0.05, 0.1) is 0 Å². The van der Waals surface area contributed by atoms with Crippen LogP contribution >= 0.6 is 0 Å². The van der Waals surface area contributed by atoms with E-state index >= 15 is 0 Å². The Kier molecular flexibility index (Phi) is 3.20. The van der Waals surface area contributed by atoms with E-state index in [1.165, 1.54) is 36.0 Å². The highest BCUT2D eigenvalue weighted by Gasteiger charge is 2.12. The van der Waals surface area contributed by atoms with E-state index < -0.39 is 0 Å². The molecule has 0 spiro atoms. The van der Waals surface area contributed by atoms with E-state index in [1.807, 2.05) is 0 Å². The number of anilines is 1. The Labute approximate surface area is 109 Å². The molecule has 0 aromatic heterocycles. The van der Waals surface area contributed by atoms with Crippen molar-refractivity contribution in [2.24, 2.45) is 0 Å². The Bertz CT molecular complexity index is 535. The molecule has 2 aromatic carbocycles. The summed E-state index contributed by atoms with van der Waals surface area (Å²) in [6.07, 6.45) is 1.25. The molecule has 1 fully saturated rings. The van der Waals surface area contributed by atoms with E-state index in [0.29, 0.717) is 0 Å². The number of likely N-dealkylation sites (N-methyl/N-ethyl adjacent to an activating group) is 1. The highest BCUT2D eigenvalue weighted by atomic mass is 15.2. The van der Waals surface area contributed by atoms with Crippen LogP contribution in [0, 0.1) is 0 Å². The maximum atomic E-state index is 2.51. The molecule has 1 aliphatic heterocycles. The largest absolute Gasteiger partial charge is 0.370 e. The number of nitrogens with zero attached hydrogens (tertiary/aromatic N) is 2. The molecule has 0 unspecified atom stereocenters. The number of hydrogen-bond donors (Lipinski definition) is 0. The standard InChI is InChI=1S/C16H20N2/c1-17-9-4-10-18(12-11-17)16-8-7-14-5-2-3-6-15(14)13-16/h2-3,5-8,13H,4,9-12H2,1H3. The van der Waals surface area contributed by atoms with Gasteiger partial charge in [-0.15, -0.1) is 0 Å². The lowest BCUT2D eigenvalue weighted by molar-refractivity contribution is 0.360. The molecule has 2 heteroatoms. The molecular formula is C16H20N2. The summed E-state index contributed by atoms with van der Waals surface area (Å²) in [7, 11) is 2.21. The third-order valence-corrected chi connectivity index (χ3v) is 3.82. The van der Waals surface area contributed by atoms with Gasteiger partial charge in [-0.2, -0.15) is 0 Å². The maximum Gasteiger partial charge on any atom is 0.0373 e. The van der Waals surface area contributed by atoms with Gasteiger partial charge in [0.1, 0.15) is 0 Å². The molecule has 2 aromatic rings. The molecule has 0 N–H and O–H groups in total. The summed E-state index contributed by atoms with van der Waals surface area (Å²) in [4.78, 5) is 4.93. The van der Waals surface area contributed by atoms with Crippen LogP contribution < -0.4 is 4.90 Å². The van der Waals surface area contributed by atoms with E-state index in [9.17, 15) is 0 Å². The topological polar surface area (TPSA) is 6.48 Å². The molecule has 1 heterocycles. The molecule has 1 aliphatic rings. The minimum Gasteiger partial charge on any atom is -0.370 e. The molecule has 0 bridgehead atoms. The van der Waals surface area contributed by atoms with Gasteiger partial charge >= 0.3 is 0 Å². The first-order valence-corrected chi connectivity index (χ1v) is 6.75. The lowest BCUT2D eigenvalue weighted by atomic mass is 10.1. The first kappa shape index (κ1) is 11.5. The normalized spacial score (nSPS) is 17.9. The average molecular weight is 240 g/mol. The maximum absolute atomic E-state index is 2.51. The Balaban J connectivity index is 1.89. The lowest BCUT2D eigenvalue weighted by Gasteiger charge is -2.23. The summed E-state index contributed by atoms with van der Waals surface area (Å²) in [6, 6.07) is 15.4. The third-order valence-electron chi connectivity index (χ3n) is 3.82. The summed E-state index contributed by atoms with van der Waals surface area (Å²) in [5, 5.41) is 2.67. The van der Waals surface area contributed by atoms with Gasteiger partial charge in [-0.1, -0.05) is 30.3 Å². The Hall–Kier alpha value is -1.54. The van der Waals surface area contributed by atoms with E-state index in [1.54, 1.807) is 0 Å². The first-order valence-electron chi connectivity index (χ1n) is 6.75. The van der Waals surface area contributed by atoms with Gasteiger partial charge in [-0.05, 0) is 42.9 Å². The zero-order valence-electron chi connectivity index (χ0n) is 11.0. The third kappa shape index (κ3) is 2.34. The fraction of sp³-hybridized carbons (Fsp3) is 0.375. The molecule has 0 amide bonds. The van der Waals surface area contributed by atoms with Crippen molar-refractivity contribution in [1.29, 1.82) is 0 Å². The van der Waals surface area contributed by atoms with Crippen LogP contribution in [0.2, 0.25) is 0 Å². The smallest absolute Gasteiger partial charge is 0.0373 e. The Morgan fingerprint density at radius 2 is 1.67 bits per heavy atom. The summed E-state index contributed by atoms with van der Waals surface area (Å²) < 4.78 is 0. The minimum absolute atomic E-state index is 1.13. The summed E-state index contributed by atoms with van der Waals surface area (Å²) in [6.45, 7) is 4.68. The minimum atomic E-state index is 1.13. The molecule has 0 atom stereocenters. The van der Waals surface area contributed by atoms with Crippen LogP contribution in [0.4, 0.5) is 5.69 Å². The highest BCUT2D eigenvalue weighted by Crippen LogP contribution is 2.22. The highest BCUT2D eigenvalue weighted by molar-refractivity contribution is 5.85. The van der Waals surface area contributed by atoms with Gasteiger partial charge in [-0.3, -0.25) is 0 Å². The summed E-state index contributed by atoms with van der Waals surface area (Å²) in [5.41, 5.74) is 1.36. The fourth-order valence-electron chi connectivity index (χ4n) is 2.68. The van der Waals surface area contributed by atoms with Crippen LogP contribution in [-0.4, -0.2) is 38.1 Å². The van der Waals surface area contributed by atoms with Crippen molar-refractivity contribution >= 4 is 16.5 Å². The quantitative estimate of drug-likeness (QED) is 0.756. The number of fused-ring (bicyclic) bond motifs is 1. The molecule has 94 valence electrons. The summed E-state index contributed by atoms with van der Waals surface area (Å²) in [5.74, 6) is 0. The molecule has 18 heavy (non-hydrogen) atoms. The molecule has 2 nitrogen and oxygen atoms in total. The molecule has 0 aliphatic carbocycles.